The number of unbranched alkanes of at least 4 members (excludes halogenated alkanes) is 1. The molecule has 0 aliphatic heterocycles. The Morgan fingerprint density at radius 1 is 0.878 bits per heavy atom. The van der Waals surface area contributed by atoms with Gasteiger partial charge >= 0.3 is 26.4 Å². The third-order valence-corrected chi connectivity index (χ3v) is 7.59. The molecule has 0 heterocycles. The van der Waals surface area contributed by atoms with Gasteiger partial charge in [-0.05, 0) is 54.1 Å². The van der Waals surface area contributed by atoms with E-state index in [1.165, 1.54) is 0 Å². The van der Waals surface area contributed by atoms with Crippen molar-refractivity contribution >= 4 is 52.8 Å². The number of nitrogens with one attached hydrogen (secondary N) is 2. The first-order valence-corrected chi connectivity index (χ1v) is 13.5. The second kappa shape index (κ2) is 14.0. The molecule has 41 heavy (non-hydrogen) atoms. The number of carbonyl (C=O) groups is 3. The second-order valence-electron chi connectivity index (χ2n) is 9.10. The van der Waals surface area contributed by atoms with Crippen molar-refractivity contribution in [2.24, 2.45) is 5.92 Å². The third kappa shape index (κ3) is 9.57. The Hall–Kier alpha value is -3.44. The predicted octanol–water partition coefficient (Wildman–Crippen LogP) is -1.37. The molecule has 0 unspecified atom stereocenters. The van der Waals surface area contributed by atoms with Gasteiger partial charge in [-0.3, -0.25) is 14.4 Å². The van der Waals surface area contributed by atoms with E-state index in [0.717, 1.165) is 12.1 Å². The van der Waals surface area contributed by atoms with Crippen LogP contribution in [0.15, 0.2) is 46.2 Å². The maximum absolute atomic E-state index is 13.3. The number of halogens is 3. The minimum atomic E-state index is -5.05. The zero-order chi connectivity index (χ0) is 31.1. The van der Waals surface area contributed by atoms with Crippen LogP contribution in [-0.4, -0.2) is 78.7 Å². The van der Waals surface area contributed by atoms with E-state index in [0.29, 0.717) is 37.5 Å². The average molecular weight is 602 g/mol. The van der Waals surface area contributed by atoms with Crippen LogP contribution < -0.4 is 21.6 Å². The highest BCUT2D eigenvalue weighted by Gasteiger charge is 2.34. The van der Waals surface area contributed by atoms with Crippen LogP contribution >= 0.6 is 0 Å². The van der Waals surface area contributed by atoms with Gasteiger partial charge in [0.05, 0.1) is 27.8 Å². The fourth-order valence-electron chi connectivity index (χ4n) is 3.54. The van der Waals surface area contributed by atoms with Crippen molar-refractivity contribution in [3.05, 3.63) is 47.5 Å². The Kier molecular flexibility index (Phi) is 11.5. The van der Waals surface area contributed by atoms with E-state index in [1.807, 2.05) is 0 Å². The van der Waals surface area contributed by atoms with Gasteiger partial charge in [0.15, 0.2) is 0 Å². The van der Waals surface area contributed by atoms with E-state index in [-0.39, 0.29) is 12.6 Å². The van der Waals surface area contributed by atoms with Crippen molar-refractivity contribution in [1.29, 1.82) is 0 Å². The molecule has 0 spiro atoms. The van der Waals surface area contributed by atoms with Crippen LogP contribution in [0.25, 0.3) is 0 Å². The molecular formula is C23H27B2F3N2O10S. The summed E-state index contributed by atoms with van der Waals surface area (Å²) in [5, 5.41) is 51.5. The van der Waals surface area contributed by atoms with Gasteiger partial charge in [-0.25, -0.2) is 8.42 Å². The lowest BCUT2D eigenvalue weighted by atomic mass is 9.79. The van der Waals surface area contributed by atoms with Crippen LogP contribution in [0.1, 0.15) is 42.1 Å². The Bertz CT molecular complexity index is 1390. The molecule has 222 valence electrons. The zero-order valence-electron chi connectivity index (χ0n) is 21.6. The van der Waals surface area contributed by atoms with Gasteiger partial charge in [-0.1, -0.05) is 19.4 Å². The Morgan fingerprint density at radius 2 is 1.44 bits per heavy atom. The summed E-state index contributed by atoms with van der Waals surface area (Å²) < 4.78 is 66.5. The molecule has 0 aliphatic rings. The van der Waals surface area contributed by atoms with Crippen LogP contribution in [-0.2, 0) is 25.6 Å². The van der Waals surface area contributed by atoms with Gasteiger partial charge in [0.2, 0.25) is 15.7 Å². The maximum Gasteiger partial charge on any atom is 0.488 e. The highest BCUT2D eigenvalue weighted by molar-refractivity contribution is 7.91. The van der Waals surface area contributed by atoms with Gasteiger partial charge < -0.3 is 35.8 Å². The standard InChI is InChI=1S/C23H27B2F3N2O10S/c1-13(22(33)34)4-2-3-5-29-20(31)12-30-21(32)14-6-16(24(35)36)10-18(7-14)41(39,40)19-9-15(23(26,27)28)8-17(11-19)25(37)38/h6-11,13,35-38H,2-5,12H2,1H3,(H,29,31)(H,30,32)(H,33,34)/t13-/m0/s1. The first kappa shape index (κ1) is 33.8. The van der Waals surface area contributed by atoms with Crippen molar-refractivity contribution < 1.29 is 61.2 Å². The summed E-state index contributed by atoms with van der Waals surface area (Å²) in [6.45, 7) is 1.18. The van der Waals surface area contributed by atoms with Gasteiger partial charge in [0.25, 0.3) is 5.91 Å². The van der Waals surface area contributed by atoms with Crippen LogP contribution in [0.4, 0.5) is 13.2 Å². The fourth-order valence-corrected chi connectivity index (χ4v) is 4.95. The molecule has 7 N–H and O–H groups in total. The summed E-state index contributed by atoms with van der Waals surface area (Å²) in [7, 11) is -9.63. The van der Waals surface area contributed by atoms with Gasteiger partial charge in [-0.15, -0.1) is 0 Å². The van der Waals surface area contributed by atoms with E-state index in [1.54, 1.807) is 6.92 Å². The van der Waals surface area contributed by atoms with E-state index in [2.05, 4.69) is 10.6 Å². The summed E-state index contributed by atoms with van der Waals surface area (Å²) in [6, 6.07) is 3.53. The van der Waals surface area contributed by atoms with E-state index in [9.17, 15) is 56.1 Å². The summed E-state index contributed by atoms with van der Waals surface area (Å²) in [6.07, 6.45) is -3.65. The average Bonchev–Trinajstić information content (AvgIpc) is 2.90. The number of hydrogen-bond donors (Lipinski definition) is 7. The van der Waals surface area contributed by atoms with Gasteiger partial charge in [0.1, 0.15) is 0 Å². The number of rotatable bonds is 13. The molecule has 0 bridgehead atoms. The monoisotopic (exact) mass is 602 g/mol. The van der Waals surface area contributed by atoms with E-state index in [4.69, 9.17) is 5.11 Å². The topological polar surface area (TPSA) is 211 Å². The van der Waals surface area contributed by atoms with Crippen LogP contribution in [0.3, 0.4) is 0 Å². The number of aliphatic carboxylic acids is 1. The summed E-state index contributed by atoms with van der Waals surface area (Å²) in [5.74, 6) is -3.13. The molecule has 0 saturated heterocycles. The van der Waals surface area contributed by atoms with Crippen LogP contribution in [0.2, 0.25) is 0 Å². The summed E-state index contributed by atoms with van der Waals surface area (Å²) >= 11 is 0. The number of amides is 2. The van der Waals surface area contributed by atoms with Crippen molar-refractivity contribution in [3.8, 4) is 0 Å². The molecule has 0 saturated carbocycles. The van der Waals surface area contributed by atoms with E-state index < -0.39 is 92.3 Å². The quantitative estimate of drug-likeness (QED) is 0.106. The molecule has 0 fully saturated rings. The molecule has 1 atom stereocenters. The van der Waals surface area contributed by atoms with Crippen molar-refractivity contribution in [2.75, 3.05) is 13.1 Å². The molecule has 0 aliphatic carbocycles. The Labute approximate surface area is 233 Å². The van der Waals surface area contributed by atoms with Crippen LogP contribution in [0, 0.1) is 5.92 Å². The van der Waals surface area contributed by atoms with Crippen LogP contribution in [0.5, 0.6) is 0 Å². The van der Waals surface area contributed by atoms with Crippen molar-refractivity contribution in [1.82, 2.24) is 10.6 Å². The second-order valence-corrected chi connectivity index (χ2v) is 11.0. The lowest BCUT2D eigenvalue weighted by molar-refractivity contribution is -0.141. The number of sulfone groups is 1. The normalized spacial score (nSPS) is 12.4. The molecule has 18 heteroatoms. The smallest absolute Gasteiger partial charge is 0.481 e. The molecule has 0 aromatic heterocycles. The molecule has 0 radical (unpaired) electrons. The lowest BCUT2D eigenvalue weighted by Gasteiger charge is -2.14. The first-order valence-electron chi connectivity index (χ1n) is 12.1. The van der Waals surface area contributed by atoms with E-state index >= 15 is 0 Å². The number of benzene rings is 2. The minimum absolute atomic E-state index is 0.192. The lowest BCUT2D eigenvalue weighted by Crippen LogP contribution is -2.38. The maximum atomic E-state index is 13.3. The fraction of sp³-hybridized carbons (Fsp3) is 0.348. The Balaban J connectivity index is 2.25. The number of carboxylic acids is 1. The molecular weight excluding hydrogens is 575 g/mol. The first-order chi connectivity index (χ1) is 18.9. The highest BCUT2D eigenvalue weighted by atomic mass is 32.2. The SMILES string of the molecule is C[C@@H](CCCCNC(=O)CNC(=O)c1cc(B(O)O)cc(S(=O)(=O)c2cc(B(O)O)cc(C(F)(F)F)c2)c1)C(=O)O. The van der Waals surface area contributed by atoms with Crippen molar-refractivity contribution in [3.63, 3.8) is 0 Å². The Morgan fingerprint density at radius 3 is 1.98 bits per heavy atom. The van der Waals surface area contributed by atoms with Crippen molar-refractivity contribution in [2.45, 2.75) is 42.2 Å². The minimum Gasteiger partial charge on any atom is -0.481 e. The molecule has 2 aromatic carbocycles. The third-order valence-electron chi connectivity index (χ3n) is 5.88. The summed E-state index contributed by atoms with van der Waals surface area (Å²) in [5.41, 5.74) is -3.26. The molecule has 12 nitrogen and oxygen atoms in total. The zero-order valence-corrected chi connectivity index (χ0v) is 22.4. The van der Waals surface area contributed by atoms with Gasteiger partial charge in [-0.2, -0.15) is 13.2 Å². The number of hydrogen-bond acceptors (Lipinski definition) is 9. The summed E-state index contributed by atoms with van der Waals surface area (Å²) in [4.78, 5) is 33.7. The largest absolute Gasteiger partial charge is 0.488 e. The number of alkyl halides is 3. The van der Waals surface area contributed by atoms with Gasteiger partial charge in [0, 0.05) is 12.1 Å². The molecule has 2 aromatic rings. The highest BCUT2D eigenvalue weighted by Crippen LogP contribution is 2.31. The molecule has 2 amide bonds. The molecule has 2 rings (SSSR count). The number of carbonyl (C=O) groups excluding carboxylic acids is 2. The number of carboxylic acid groups (broad SMARTS) is 1. The predicted molar refractivity (Wildman–Crippen MR) is 139 cm³/mol.